The molecule has 29 heavy (non-hydrogen) atoms. The van der Waals surface area contributed by atoms with Crippen molar-refractivity contribution in [3.63, 3.8) is 0 Å². The highest BCUT2D eigenvalue weighted by Crippen LogP contribution is 3.24. The van der Waals surface area contributed by atoms with Crippen LogP contribution in [0.2, 0.25) is 0 Å². The minimum Gasteiger partial charge on any atom is -0.0588 e. The molecule has 0 N–H and O–H groups in total. The molecule has 0 aromatic heterocycles. The van der Waals surface area contributed by atoms with Gasteiger partial charge in [-0.1, -0.05) is 111 Å². The van der Waals surface area contributed by atoms with E-state index >= 15 is 0 Å². The quantitative estimate of drug-likeness (QED) is 0.387. The number of hydrogen-bond acceptors (Lipinski definition) is 0. The van der Waals surface area contributed by atoms with Crippen molar-refractivity contribution in [2.45, 2.75) is 111 Å². The molecule has 164 valence electrons. The molecular formula is C29H48. The van der Waals surface area contributed by atoms with Crippen LogP contribution in [0.25, 0.3) is 0 Å². The SMILES string of the molecule is CC1(C)C2(C)C3(C)C4(C)C(C)(C)C1(C)C15C2(C)C(C)(C)C3(C)C1(C)C(C)(C)C45C. The first-order chi connectivity index (χ1) is 12.5. The van der Waals surface area contributed by atoms with Gasteiger partial charge in [0.2, 0.25) is 0 Å². The van der Waals surface area contributed by atoms with Gasteiger partial charge in [0, 0.05) is 0 Å². The van der Waals surface area contributed by atoms with E-state index in [9.17, 15) is 0 Å². The normalized spacial score (nSPS) is 74.5. The molecule has 7 aliphatic rings. The summed E-state index contributed by atoms with van der Waals surface area (Å²) in [4.78, 5) is 0. The molecule has 0 nitrogen and oxygen atoms in total. The van der Waals surface area contributed by atoms with Crippen LogP contribution in [0.5, 0.6) is 0 Å². The van der Waals surface area contributed by atoms with Gasteiger partial charge in [0.1, 0.15) is 0 Å². The minimum atomic E-state index is 0.299. The first-order valence-electron chi connectivity index (χ1n) is 12.5. The molecular weight excluding hydrogens is 348 g/mol. The van der Waals surface area contributed by atoms with Gasteiger partial charge in [0.15, 0.2) is 0 Å². The number of rotatable bonds is 0. The first-order valence-corrected chi connectivity index (χ1v) is 12.5. The standard InChI is InChI=1S/C29H48/c1-17(2)21(9)18(3,4)23(11)26(14)20(7,8)27(15)24(12)19(5,6)25(13,29(21,26)27)22(17,10)28(23,24)16/h1-16H3. The lowest BCUT2D eigenvalue weighted by Crippen LogP contribution is -2.92. The second-order valence-corrected chi connectivity index (χ2v) is 16.2. The van der Waals surface area contributed by atoms with Crippen molar-refractivity contribution in [1.82, 2.24) is 0 Å². The van der Waals surface area contributed by atoms with Crippen molar-refractivity contribution in [2.24, 2.45) is 70.4 Å². The zero-order valence-corrected chi connectivity index (χ0v) is 22.5. The Morgan fingerprint density at radius 2 is 0.414 bits per heavy atom. The molecule has 0 heterocycles. The van der Waals surface area contributed by atoms with E-state index in [1.165, 1.54) is 0 Å². The Hall–Kier alpha value is 0. The van der Waals surface area contributed by atoms with Crippen molar-refractivity contribution < 1.29 is 0 Å². The molecule has 0 aliphatic heterocycles. The van der Waals surface area contributed by atoms with Gasteiger partial charge in [0.05, 0.1) is 0 Å². The summed E-state index contributed by atoms with van der Waals surface area (Å²) in [5.74, 6) is 0. The van der Waals surface area contributed by atoms with Crippen LogP contribution in [0, 0.1) is 70.4 Å². The van der Waals surface area contributed by atoms with Crippen LogP contribution < -0.4 is 0 Å². The van der Waals surface area contributed by atoms with E-state index in [0.717, 1.165) is 0 Å². The molecule has 8 bridgehead atoms. The van der Waals surface area contributed by atoms with E-state index < -0.39 is 0 Å². The lowest BCUT2D eigenvalue weighted by atomic mass is 9.08. The van der Waals surface area contributed by atoms with Crippen LogP contribution in [0.1, 0.15) is 111 Å². The minimum absolute atomic E-state index is 0.299. The topological polar surface area (TPSA) is 0 Å². The third kappa shape index (κ3) is 0.721. The molecule has 0 aromatic rings. The highest BCUT2D eigenvalue weighted by molar-refractivity contribution is 5.67. The van der Waals surface area contributed by atoms with Crippen molar-refractivity contribution in [1.29, 1.82) is 0 Å². The third-order valence-corrected chi connectivity index (χ3v) is 19.0. The van der Waals surface area contributed by atoms with E-state index in [4.69, 9.17) is 0 Å². The molecule has 0 amide bonds. The van der Waals surface area contributed by atoms with Crippen molar-refractivity contribution in [3.05, 3.63) is 0 Å². The molecule has 9 atom stereocenters. The summed E-state index contributed by atoms with van der Waals surface area (Å²) in [7, 11) is 0. The monoisotopic (exact) mass is 396 g/mol. The summed E-state index contributed by atoms with van der Waals surface area (Å²) in [5, 5.41) is 0. The second-order valence-electron chi connectivity index (χ2n) is 16.2. The first kappa shape index (κ1) is 19.7. The molecule has 7 fully saturated rings. The lowest BCUT2D eigenvalue weighted by molar-refractivity contribution is -0.495. The maximum Gasteiger partial charge on any atom is -0.00388 e. The van der Waals surface area contributed by atoms with Crippen LogP contribution >= 0.6 is 0 Å². The maximum atomic E-state index is 2.81. The van der Waals surface area contributed by atoms with Crippen LogP contribution in [0.3, 0.4) is 0 Å². The van der Waals surface area contributed by atoms with Crippen LogP contribution in [0.4, 0.5) is 0 Å². The Bertz CT molecular complexity index is 916. The molecule has 0 radical (unpaired) electrons. The third-order valence-electron chi connectivity index (χ3n) is 19.0. The Morgan fingerprint density at radius 3 is 0.690 bits per heavy atom. The zero-order chi connectivity index (χ0) is 22.5. The van der Waals surface area contributed by atoms with Crippen molar-refractivity contribution in [2.75, 3.05) is 0 Å². The number of hydrogen-bond donors (Lipinski definition) is 0. The summed E-state index contributed by atoms with van der Waals surface area (Å²) >= 11 is 0. The Morgan fingerprint density at radius 1 is 0.207 bits per heavy atom. The van der Waals surface area contributed by atoms with Crippen molar-refractivity contribution >= 4 is 0 Å². The molecule has 7 aliphatic carbocycles. The fraction of sp³-hybridized carbons (Fsp3) is 1.00. The summed E-state index contributed by atoms with van der Waals surface area (Å²) in [6, 6.07) is 0. The fourth-order valence-corrected chi connectivity index (χ4v) is 17.8. The van der Waals surface area contributed by atoms with Crippen LogP contribution in [-0.4, -0.2) is 0 Å². The van der Waals surface area contributed by atoms with Gasteiger partial charge in [-0.15, -0.1) is 0 Å². The fourth-order valence-electron chi connectivity index (χ4n) is 17.8. The maximum absolute atomic E-state index is 2.81. The highest BCUT2D eigenvalue weighted by Gasteiger charge is 3.21. The summed E-state index contributed by atoms with van der Waals surface area (Å²) in [5.41, 5.74) is 4.24. The van der Waals surface area contributed by atoms with Gasteiger partial charge >= 0.3 is 0 Å². The van der Waals surface area contributed by atoms with E-state index in [1.54, 1.807) is 0 Å². The van der Waals surface area contributed by atoms with E-state index in [1.807, 2.05) is 0 Å². The zero-order valence-electron chi connectivity index (χ0n) is 22.5. The van der Waals surface area contributed by atoms with Gasteiger partial charge in [-0.2, -0.15) is 0 Å². The Balaban J connectivity index is 2.04. The predicted octanol–water partition coefficient (Wildman–Crippen LogP) is 8.21. The van der Waals surface area contributed by atoms with E-state index in [0.29, 0.717) is 70.4 Å². The summed E-state index contributed by atoms with van der Waals surface area (Å²) < 4.78 is 0. The average Bonchev–Trinajstić information content (AvgIpc) is 2.81. The molecule has 1 spiro atoms. The van der Waals surface area contributed by atoms with E-state index in [-0.39, 0.29) is 0 Å². The lowest BCUT2D eigenvalue weighted by Gasteiger charge is -2.95. The van der Waals surface area contributed by atoms with Gasteiger partial charge < -0.3 is 0 Å². The molecule has 9 unspecified atom stereocenters. The van der Waals surface area contributed by atoms with Gasteiger partial charge in [-0.25, -0.2) is 0 Å². The van der Waals surface area contributed by atoms with Gasteiger partial charge in [-0.05, 0) is 70.4 Å². The summed E-state index contributed by atoms with van der Waals surface area (Å²) in [6.45, 7) is 44.0. The smallest absolute Gasteiger partial charge is 0.00388 e. The molecule has 7 rings (SSSR count). The second kappa shape index (κ2) is 3.36. The predicted molar refractivity (Wildman–Crippen MR) is 122 cm³/mol. The largest absolute Gasteiger partial charge is 0.0588 e. The highest BCUT2D eigenvalue weighted by atomic mass is 15.2. The van der Waals surface area contributed by atoms with E-state index in [2.05, 4.69) is 111 Å². The molecule has 0 aromatic carbocycles. The average molecular weight is 397 g/mol. The van der Waals surface area contributed by atoms with Crippen LogP contribution in [-0.2, 0) is 0 Å². The summed E-state index contributed by atoms with van der Waals surface area (Å²) in [6.07, 6.45) is 0. The molecule has 0 saturated heterocycles. The molecule has 0 heteroatoms. The van der Waals surface area contributed by atoms with Crippen molar-refractivity contribution in [3.8, 4) is 0 Å². The Labute approximate surface area is 181 Å². The van der Waals surface area contributed by atoms with Crippen LogP contribution in [0.15, 0.2) is 0 Å². The molecule has 7 saturated carbocycles. The van der Waals surface area contributed by atoms with Gasteiger partial charge in [0.25, 0.3) is 0 Å². The van der Waals surface area contributed by atoms with Gasteiger partial charge in [-0.3, -0.25) is 0 Å². The Kier molecular flexibility index (Phi) is 2.28.